The van der Waals surface area contributed by atoms with E-state index in [-0.39, 0.29) is 24.8 Å². The molecular weight excluding hydrogens is 301 g/mol. The van der Waals surface area contributed by atoms with Crippen molar-refractivity contribution in [3.8, 4) is 0 Å². The minimum Gasteiger partial charge on any atom is -0.316 e. The van der Waals surface area contributed by atoms with Crippen LogP contribution in [-0.2, 0) is 11.3 Å². The molecule has 1 aliphatic rings. The third-order valence-corrected chi connectivity index (χ3v) is 4.63. The summed E-state index contributed by atoms with van der Waals surface area (Å²) in [5, 5.41) is 0. The summed E-state index contributed by atoms with van der Waals surface area (Å²) >= 11 is 0. The molecule has 1 aliphatic carbocycles. The van der Waals surface area contributed by atoms with E-state index in [0.717, 1.165) is 38.5 Å². The van der Waals surface area contributed by atoms with Crippen molar-refractivity contribution < 1.29 is 17.9 Å². The van der Waals surface area contributed by atoms with E-state index in [0.29, 0.717) is 11.5 Å². The molecule has 0 unspecified atom stereocenters. The molecule has 1 saturated carbocycles. The molecule has 0 amide bonds. The molecule has 128 valence electrons. The lowest BCUT2D eigenvalue weighted by Crippen LogP contribution is -2.27. The molecule has 0 N–H and O–H groups in total. The first-order valence-corrected chi connectivity index (χ1v) is 8.35. The summed E-state index contributed by atoms with van der Waals surface area (Å²) in [5.74, 6) is 0.296. The Morgan fingerprint density at radius 1 is 1.09 bits per heavy atom. The Labute approximate surface area is 136 Å². The van der Waals surface area contributed by atoms with E-state index in [1.54, 1.807) is 0 Å². The number of benzene rings is 1. The molecule has 0 saturated heterocycles. The van der Waals surface area contributed by atoms with Gasteiger partial charge in [-0.3, -0.25) is 0 Å². The predicted octanol–water partition coefficient (Wildman–Crippen LogP) is 6.10. The van der Waals surface area contributed by atoms with Gasteiger partial charge in [0, 0.05) is 6.42 Å². The van der Waals surface area contributed by atoms with Gasteiger partial charge in [0.15, 0.2) is 0 Å². The lowest BCUT2D eigenvalue weighted by atomic mass is 9.78. The summed E-state index contributed by atoms with van der Waals surface area (Å²) in [6, 6.07) is 5.44. The first-order valence-electron chi connectivity index (χ1n) is 8.35. The average Bonchev–Trinajstić information content (AvgIpc) is 2.53. The number of halogens is 3. The highest BCUT2D eigenvalue weighted by atomic mass is 19.3. The van der Waals surface area contributed by atoms with Crippen LogP contribution in [0.25, 0.3) is 0 Å². The molecule has 0 bridgehead atoms. The maximum Gasteiger partial charge on any atom is 0.356 e. The first kappa shape index (κ1) is 18.1. The Morgan fingerprint density at radius 3 is 2.30 bits per heavy atom. The van der Waals surface area contributed by atoms with Gasteiger partial charge in [0.25, 0.3) is 0 Å². The Bertz CT molecular complexity index is 476. The second-order valence-corrected chi connectivity index (χ2v) is 6.51. The van der Waals surface area contributed by atoms with Crippen LogP contribution in [0.2, 0.25) is 0 Å². The molecule has 1 fully saturated rings. The molecule has 0 aromatic heterocycles. The highest BCUT2D eigenvalue weighted by molar-refractivity contribution is 5.15. The zero-order chi connectivity index (χ0) is 16.7. The molecule has 1 aromatic carbocycles. The van der Waals surface area contributed by atoms with Gasteiger partial charge in [-0.25, -0.2) is 4.39 Å². The van der Waals surface area contributed by atoms with Crippen LogP contribution in [0.3, 0.4) is 0 Å². The van der Waals surface area contributed by atoms with Gasteiger partial charge in [-0.05, 0) is 55.2 Å². The van der Waals surface area contributed by atoms with Gasteiger partial charge >= 0.3 is 6.11 Å². The van der Waals surface area contributed by atoms with Gasteiger partial charge in [0.05, 0.1) is 6.61 Å². The Hall–Kier alpha value is -1.29. The van der Waals surface area contributed by atoms with E-state index in [4.69, 9.17) is 4.74 Å². The highest BCUT2D eigenvalue weighted by Gasteiger charge is 2.35. The fourth-order valence-electron chi connectivity index (χ4n) is 3.24. The van der Waals surface area contributed by atoms with Gasteiger partial charge < -0.3 is 4.74 Å². The van der Waals surface area contributed by atoms with Crippen molar-refractivity contribution in [1.29, 1.82) is 0 Å². The number of ether oxygens (including phenoxy) is 1. The van der Waals surface area contributed by atoms with Crippen molar-refractivity contribution >= 4 is 0 Å². The number of hydrogen-bond acceptors (Lipinski definition) is 1. The van der Waals surface area contributed by atoms with Crippen molar-refractivity contribution in [3.05, 3.63) is 48.3 Å². The summed E-state index contributed by atoms with van der Waals surface area (Å²) in [4.78, 5) is 0. The molecule has 23 heavy (non-hydrogen) atoms. The van der Waals surface area contributed by atoms with Crippen LogP contribution in [0.5, 0.6) is 0 Å². The third-order valence-electron chi connectivity index (χ3n) is 4.63. The first-order chi connectivity index (χ1) is 11.0. The van der Waals surface area contributed by atoms with Gasteiger partial charge in [-0.15, -0.1) is 6.58 Å². The van der Waals surface area contributed by atoms with E-state index in [1.165, 1.54) is 24.3 Å². The number of hydrogen-bond donors (Lipinski definition) is 0. The number of allylic oxidation sites excluding steroid dienone is 1. The lowest BCUT2D eigenvalue weighted by Gasteiger charge is -2.30. The fraction of sp³-hybridized carbons (Fsp3) is 0.579. The molecule has 0 radical (unpaired) electrons. The van der Waals surface area contributed by atoms with Gasteiger partial charge in [-0.2, -0.15) is 8.78 Å². The lowest BCUT2D eigenvalue weighted by molar-refractivity contribution is -0.256. The van der Waals surface area contributed by atoms with Gasteiger partial charge in [0.1, 0.15) is 5.82 Å². The van der Waals surface area contributed by atoms with Gasteiger partial charge in [0.2, 0.25) is 0 Å². The van der Waals surface area contributed by atoms with Crippen LogP contribution < -0.4 is 0 Å². The molecular formula is C19H25F3O. The largest absolute Gasteiger partial charge is 0.356 e. The Balaban J connectivity index is 1.73. The highest BCUT2D eigenvalue weighted by Crippen LogP contribution is 2.38. The predicted molar refractivity (Wildman–Crippen MR) is 85.6 cm³/mol. The zero-order valence-electron chi connectivity index (χ0n) is 13.4. The summed E-state index contributed by atoms with van der Waals surface area (Å²) in [6.45, 7) is 3.53. The Kier molecular flexibility index (Phi) is 6.70. The summed E-state index contributed by atoms with van der Waals surface area (Å²) < 4.78 is 45.5. The van der Waals surface area contributed by atoms with Crippen molar-refractivity contribution in [2.75, 3.05) is 0 Å². The molecule has 0 heterocycles. The normalized spacial score (nSPS) is 22.0. The average molecular weight is 326 g/mol. The maximum absolute atomic E-state index is 14.0. The second kappa shape index (κ2) is 8.53. The minimum absolute atomic E-state index is 0.0261. The van der Waals surface area contributed by atoms with Crippen LogP contribution in [0, 0.1) is 17.7 Å². The molecule has 0 atom stereocenters. The number of rotatable bonds is 8. The summed E-state index contributed by atoms with van der Waals surface area (Å²) in [5.41, 5.74) is 0.555. The van der Waals surface area contributed by atoms with Crippen molar-refractivity contribution in [2.45, 2.75) is 57.7 Å². The van der Waals surface area contributed by atoms with E-state index in [2.05, 4.69) is 6.58 Å². The zero-order valence-corrected chi connectivity index (χ0v) is 13.4. The van der Waals surface area contributed by atoms with E-state index in [9.17, 15) is 13.2 Å². The minimum atomic E-state index is -3.12. The van der Waals surface area contributed by atoms with Gasteiger partial charge in [-0.1, -0.05) is 31.1 Å². The second-order valence-electron chi connectivity index (χ2n) is 6.51. The molecule has 0 spiro atoms. The summed E-state index contributed by atoms with van der Waals surface area (Å²) in [6.07, 6.45) is 4.44. The SMILES string of the molecule is C=CCCC1CCC(CC(F)(F)OCc2ccc(F)cc2)CC1. The quantitative estimate of drug-likeness (QED) is 0.525. The van der Waals surface area contributed by atoms with E-state index in [1.807, 2.05) is 6.08 Å². The van der Waals surface area contributed by atoms with Crippen LogP contribution >= 0.6 is 0 Å². The molecule has 0 aliphatic heterocycles. The molecule has 2 rings (SSSR count). The van der Waals surface area contributed by atoms with E-state index < -0.39 is 6.11 Å². The van der Waals surface area contributed by atoms with Crippen LogP contribution in [0.1, 0.15) is 50.5 Å². The monoisotopic (exact) mass is 326 g/mol. The van der Waals surface area contributed by atoms with Crippen LogP contribution in [-0.4, -0.2) is 6.11 Å². The summed E-state index contributed by atoms with van der Waals surface area (Å²) in [7, 11) is 0. The maximum atomic E-state index is 14.0. The standard InChI is InChI=1S/C19H25F3O/c1-2-3-4-15-5-7-16(8-6-15)13-19(21,22)23-14-17-9-11-18(20)12-10-17/h2,9-12,15-16H,1,3-8,13-14H2. The Morgan fingerprint density at radius 2 is 1.70 bits per heavy atom. The van der Waals surface area contributed by atoms with Crippen molar-refractivity contribution in [2.24, 2.45) is 11.8 Å². The van der Waals surface area contributed by atoms with E-state index >= 15 is 0 Å². The topological polar surface area (TPSA) is 9.23 Å². The van der Waals surface area contributed by atoms with Crippen molar-refractivity contribution in [1.82, 2.24) is 0 Å². The van der Waals surface area contributed by atoms with Crippen LogP contribution in [0.4, 0.5) is 13.2 Å². The molecule has 4 heteroatoms. The molecule has 1 aromatic rings. The molecule has 1 nitrogen and oxygen atoms in total. The third kappa shape index (κ3) is 6.38. The van der Waals surface area contributed by atoms with Crippen molar-refractivity contribution in [3.63, 3.8) is 0 Å². The fourth-order valence-corrected chi connectivity index (χ4v) is 3.24. The number of alkyl halides is 2. The smallest absolute Gasteiger partial charge is 0.316 e. The van der Waals surface area contributed by atoms with Crippen LogP contribution in [0.15, 0.2) is 36.9 Å².